The van der Waals surface area contributed by atoms with Crippen molar-refractivity contribution in [3.63, 3.8) is 0 Å². The molecule has 1 unspecified atom stereocenters. The third-order valence-corrected chi connectivity index (χ3v) is 6.35. The van der Waals surface area contributed by atoms with Crippen molar-refractivity contribution in [1.29, 1.82) is 0 Å². The first kappa shape index (κ1) is 19.8. The highest BCUT2D eigenvalue weighted by atomic mass is 16.5. The van der Waals surface area contributed by atoms with Crippen LogP contribution >= 0.6 is 0 Å². The molecule has 3 fully saturated rings. The fraction of sp³-hybridized carbons (Fsp3) is 0.435. The van der Waals surface area contributed by atoms with Gasteiger partial charge in [-0.05, 0) is 49.6 Å². The Morgan fingerprint density at radius 3 is 2.90 bits per heavy atom. The third kappa shape index (κ3) is 4.64. The van der Waals surface area contributed by atoms with E-state index in [0.717, 1.165) is 49.7 Å². The van der Waals surface area contributed by atoms with Gasteiger partial charge in [0, 0.05) is 12.6 Å². The Bertz CT molecular complexity index is 988. The Labute approximate surface area is 181 Å². The van der Waals surface area contributed by atoms with Gasteiger partial charge in [0.25, 0.3) is 0 Å². The van der Waals surface area contributed by atoms with E-state index in [2.05, 4.69) is 20.5 Å². The highest BCUT2D eigenvalue weighted by Crippen LogP contribution is 2.37. The highest BCUT2D eigenvalue weighted by molar-refractivity contribution is 5.79. The van der Waals surface area contributed by atoms with Crippen molar-refractivity contribution < 1.29 is 13.9 Å². The minimum atomic E-state index is 0.0468. The number of amides is 1. The number of para-hydroxylation sites is 1. The maximum Gasteiger partial charge on any atom is 0.225 e. The molecule has 1 amide bonds. The first-order valence-corrected chi connectivity index (χ1v) is 10.9. The van der Waals surface area contributed by atoms with Crippen molar-refractivity contribution >= 4 is 5.91 Å². The third-order valence-electron chi connectivity index (χ3n) is 6.35. The average Bonchev–Trinajstić information content (AvgIpc) is 3.49. The van der Waals surface area contributed by atoms with Crippen LogP contribution in [0.15, 0.2) is 59.3 Å². The molecular weight excluding hydrogens is 394 g/mol. The zero-order valence-corrected chi connectivity index (χ0v) is 17.4. The Morgan fingerprint density at radius 1 is 1.23 bits per heavy atom. The highest BCUT2D eigenvalue weighted by Gasteiger charge is 2.43. The van der Waals surface area contributed by atoms with Crippen LogP contribution in [0.25, 0.3) is 0 Å². The predicted octanol–water partition coefficient (Wildman–Crippen LogP) is 2.48. The van der Waals surface area contributed by atoms with E-state index in [1.807, 2.05) is 53.3 Å². The van der Waals surface area contributed by atoms with Crippen LogP contribution in [-0.2, 0) is 24.5 Å². The van der Waals surface area contributed by atoms with Crippen LogP contribution in [0.3, 0.4) is 0 Å². The lowest BCUT2D eigenvalue weighted by Gasteiger charge is -2.49. The molecular formula is C23H27N5O3. The molecule has 0 saturated carbocycles. The monoisotopic (exact) mass is 421 g/mol. The topological polar surface area (TPSA) is 85.4 Å². The van der Waals surface area contributed by atoms with Crippen LogP contribution in [-0.4, -0.2) is 44.9 Å². The van der Waals surface area contributed by atoms with Crippen molar-refractivity contribution in [2.75, 3.05) is 13.1 Å². The van der Waals surface area contributed by atoms with Gasteiger partial charge < -0.3 is 14.5 Å². The molecule has 162 valence electrons. The van der Waals surface area contributed by atoms with Gasteiger partial charge in [0.2, 0.25) is 5.91 Å². The second kappa shape index (κ2) is 8.93. The number of benzene rings is 1. The first-order valence-electron chi connectivity index (χ1n) is 10.9. The second-order valence-electron chi connectivity index (χ2n) is 8.37. The molecule has 8 nitrogen and oxygen atoms in total. The van der Waals surface area contributed by atoms with Crippen LogP contribution in [0.2, 0.25) is 0 Å². The van der Waals surface area contributed by atoms with Crippen LogP contribution in [0.5, 0.6) is 5.75 Å². The summed E-state index contributed by atoms with van der Waals surface area (Å²) in [7, 11) is 0. The number of fused-ring (bicyclic) bond motifs is 3. The SMILES string of the molecule is O=C(NCc1ccco1)[C@H]1CN2CC[C@@H]1C[C@@H]2Cn1cc(COc2ccccc2)nn1. The molecule has 5 heterocycles. The molecule has 31 heavy (non-hydrogen) atoms. The molecule has 1 N–H and O–H groups in total. The van der Waals surface area contributed by atoms with Gasteiger partial charge in [0.05, 0.1) is 31.5 Å². The number of carbonyl (C=O) groups is 1. The summed E-state index contributed by atoms with van der Waals surface area (Å²) in [4.78, 5) is 15.1. The lowest BCUT2D eigenvalue weighted by atomic mass is 9.75. The summed E-state index contributed by atoms with van der Waals surface area (Å²) in [6.45, 7) is 3.48. The van der Waals surface area contributed by atoms with Crippen molar-refractivity contribution in [3.8, 4) is 5.75 Å². The molecule has 0 aliphatic carbocycles. The molecule has 2 bridgehead atoms. The van der Waals surface area contributed by atoms with E-state index >= 15 is 0 Å². The number of hydrogen-bond donors (Lipinski definition) is 1. The van der Waals surface area contributed by atoms with E-state index in [0.29, 0.717) is 25.1 Å². The van der Waals surface area contributed by atoms with Crippen molar-refractivity contribution in [2.24, 2.45) is 11.8 Å². The van der Waals surface area contributed by atoms with Gasteiger partial charge in [-0.15, -0.1) is 5.10 Å². The maximum absolute atomic E-state index is 12.7. The van der Waals surface area contributed by atoms with E-state index in [4.69, 9.17) is 9.15 Å². The van der Waals surface area contributed by atoms with Crippen LogP contribution in [0.4, 0.5) is 0 Å². The van der Waals surface area contributed by atoms with E-state index in [1.54, 1.807) is 6.26 Å². The molecule has 4 atom stereocenters. The number of hydrogen-bond acceptors (Lipinski definition) is 6. The van der Waals surface area contributed by atoms with Gasteiger partial charge in [0.15, 0.2) is 0 Å². The van der Waals surface area contributed by atoms with Gasteiger partial charge in [-0.3, -0.25) is 14.4 Å². The quantitative estimate of drug-likeness (QED) is 0.602. The zero-order valence-electron chi connectivity index (χ0n) is 17.4. The summed E-state index contributed by atoms with van der Waals surface area (Å²) in [5, 5.41) is 11.6. The summed E-state index contributed by atoms with van der Waals surface area (Å²) in [5.41, 5.74) is 0.815. The lowest BCUT2D eigenvalue weighted by molar-refractivity contribution is -0.133. The number of aromatic nitrogens is 3. The molecule has 3 aliphatic heterocycles. The zero-order chi connectivity index (χ0) is 21.0. The van der Waals surface area contributed by atoms with Crippen molar-refractivity contribution in [1.82, 2.24) is 25.2 Å². The Morgan fingerprint density at radius 2 is 2.13 bits per heavy atom. The molecule has 8 heteroatoms. The minimum Gasteiger partial charge on any atom is -0.487 e. The lowest BCUT2D eigenvalue weighted by Crippen LogP contribution is -2.57. The summed E-state index contributed by atoms with van der Waals surface area (Å²) in [6, 6.07) is 13.8. The predicted molar refractivity (Wildman–Crippen MR) is 113 cm³/mol. The first-order chi connectivity index (χ1) is 15.2. The standard InChI is InChI=1S/C23H27N5O3/c29-23(24-12-21-7-4-10-30-21)22-15-27-9-8-17(22)11-19(27)14-28-13-18(25-26-28)16-31-20-5-2-1-3-6-20/h1-7,10,13,17,19,22H,8-9,11-12,14-16H2,(H,24,29)/t17-,19-,22+/m1/s1. The van der Waals surface area contributed by atoms with Crippen LogP contribution in [0.1, 0.15) is 24.3 Å². The smallest absolute Gasteiger partial charge is 0.225 e. The Balaban J connectivity index is 1.13. The molecule has 2 aromatic heterocycles. The second-order valence-corrected chi connectivity index (χ2v) is 8.37. The van der Waals surface area contributed by atoms with Crippen molar-refractivity contribution in [2.45, 2.75) is 38.6 Å². The van der Waals surface area contributed by atoms with Gasteiger partial charge >= 0.3 is 0 Å². The van der Waals surface area contributed by atoms with Gasteiger partial charge in [-0.2, -0.15) is 0 Å². The molecule has 0 radical (unpaired) electrons. The average molecular weight is 422 g/mol. The maximum atomic E-state index is 12.7. The fourth-order valence-electron chi connectivity index (χ4n) is 4.73. The molecule has 6 rings (SSSR count). The number of rotatable bonds is 8. The molecule has 3 aromatic rings. The molecule has 0 spiro atoms. The van der Waals surface area contributed by atoms with Crippen molar-refractivity contribution in [3.05, 3.63) is 66.4 Å². The summed E-state index contributed by atoms with van der Waals surface area (Å²) >= 11 is 0. The largest absolute Gasteiger partial charge is 0.487 e. The van der Waals surface area contributed by atoms with E-state index in [1.165, 1.54) is 0 Å². The van der Waals surface area contributed by atoms with Gasteiger partial charge in [0.1, 0.15) is 23.8 Å². The summed E-state index contributed by atoms with van der Waals surface area (Å²) in [6.07, 6.45) is 5.67. The summed E-state index contributed by atoms with van der Waals surface area (Å²) in [5.74, 6) is 2.20. The Hall–Kier alpha value is -3.13. The molecule has 3 aliphatic rings. The van der Waals surface area contributed by atoms with E-state index < -0.39 is 0 Å². The van der Waals surface area contributed by atoms with Gasteiger partial charge in [-0.25, -0.2) is 0 Å². The fourth-order valence-corrected chi connectivity index (χ4v) is 4.73. The normalized spacial score (nSPS) is 24.8. The van der Waals surface area contributed by atoms with Gasteiger partial charge in [-0.1, -0.05) is 23.4 Å². The number of nitrogens with zero attached hydrogens (tertiary/aromatic N) is 4. The van der Waals surface area contributed by atoms with E-state index in [9.17, 15) is 4.79 Å². The minimum absolute atomic E-state index is 0.0468. The Kier molecular flexibility index (Phi) is 5.71. The summed E-state index contributed by atoms with van der Waals surface area (Å²) < 4.78 is 13.0. The molecule has 3 saturated heterocycles. The number of nitrogens with one attached hydrogen (secondary N) is 1. The van der Waals surface area contributed by atoms with E-state index in [-0.39, 0.29) is 11.8 Å². The van der Waals surface area contributed by atoms with Crippen LogP contribution < -0.4 is 10.1 Å². The number of carbonyl (C=O) groups excluding carboxylic acids is 1. The number of furan rings is 1. The number of ether oxygens (including phenoxy) is 1. The van der Waals surface area contributed by atoms with Crippen LogP contribution in [0, 0.1) is 11.8 Å². The number of piperidine rings is 3. The molecule has 1 aromatic carbocycles.